The standard InChI is InChI=1S/C29H36N8O2/c30-27-17-21(5-11-31-27)20-36-25-3-1-2-4-26(25)37(29(36)39)24-9-15-35(16-10-24)28(38)23-7-13-34(14-8-23)19-22-6-12-32-33-18-22/h1-6,11-12,17-18,23-24,32-33H,7-10,13-16,19-20H2,(H2,30,31)/p+1. The third-order valence-electron chi connectivity index (χ3n) is 8.33. The van der Waals surface area contributed by atoms with Crippen molar-refractivity contribution in [2.75, 3.05) is 38.5 Å². The summed E-state index contributed by atoms with van der Waals surface area (Å²) in [4.78, 5) is 35.6. The number of para-hydroxylation sites is 2. The summed E-state index contributed by atoms with van der Waals surface area (Å²) in [5.74, 6) is 0.828. The third-order valence-corrected chi connectivity index (χ3v) is 8.33. The summed E-state index contributed by atoms with van der Waals surface area (Å²) in [5.41, 5.74) is 15.0. The highest BCUT2D eigenvalue weighted by atomic mass is 16.2. The summed E-state index contributed by atoms with van der Waals surface area (Å²) < 4.78 is 3.77. The zero-order chi connectivity index (χ0) is 26.8. The van der Waals surface area contributed by atoms with Crippen molar-refractivity contribution in [1.29, 1.82) is 0 Å². The highest BCUT2D eigenvalue weighted by Gasteiger charge is 2.32. The molecule has 0 atom stereocenters. The first-order valence-electron chi connectivity index (χ1n) is 13.9. The number of nitrogens with one attached hydrogen (secondary N) is 1. The van der Waals surface area contributed by atoms with Crippen LogP contribution in [0.1, 0.15) is 37.3 Å². The number of nitrogens with two attached hydrogens (primary N) is 2. The van der Waals surface area contributed by atoms with Gasteiger partial charge in [-0.3, -0.25) is 18.8 Å². The molecule has 3 aliphatic rings. The molecule has 10 heteroatoms. The van der Waals surface area contributed by atoms with Gasteiger partial charge < -0.3 is 10.6 Å². The summed E-state index contributed by atoms with van der Waals surface area (Å²) in [6.07, 6.45) is 11.2. The maximum absolute atomic E-state index is 13.7. The fourth-order valence-corrected chi connectivity index (χ4v) is 6.24. The quantitative estimate of drug-likeness (QED) is 0.413. The number of imidazole rings is 1. The molecule has 2 fully saturated rings. The van der Waals surface area contributed by atoms with Crippen molar-refractivity contribution < 1.29 is 10.2 Å². The Morgan fingerprint density at radius 2 is 1.79 bits per heavy atom. The predicted molar refractivity (Wildman–Crippen MR) is 150 cm³/mol. The lowest BCUT2D eigenvalue weighted by molar-refractivity contribution is -0.640. The Morgan fingerprint density at radius 1 is 1.03 bits per heavy atom. The van der Waals surface area contributed by atoms with E-state index in [0.29, 0.717) is 25.5 Å². The van der Waals surface area contributed by atoms with Gasteiger partial charge >= 0.3 is 5.69 Å². The minimum atomic E-state index is -0.0139. The Bertz CT molecular complexity index is 1460. The SMILES string of the molecule is Nc1cc(Cn2c(=O)n(C3CCN(C(=O)C4CCN(CC5=C[NH2+]NC=C5)CC4)CC3)c3ccccc32)ccn1. The molecule has 204 valence electrons. The van der Waals surface area contributed by atoms with Crippen molar-refractivity contribution in [3.05, 3.63) is 82.7 Å². The summed E-state index contributed by atoms with van der Waals surface area (Å²) in [5, 5.41) is 0. The molecule has 5 heterocycles. The molecule has 0 aliphatic carbocycles. The topological polar surface area (TPSA) is 118 Å². The van der Waals surface area contributed by atoms with Crippen LogP contribution in [0, 0.1) is 5.92 Å². The molecule has 0 saturated carbocycles. The van der Waals surface area contributed by atoms with E-state index in [1.165, 1.54) is 5.57 Å². The molecule has 5 N–H and O–H groups in total. The summed E-state index contributed by atoms with van der Waals surface area (Å²) >= 11 is 0. The molecule has 1 aromatic carbocycles. The first-order chi connectivity index (χ1) is 19.1. The lowest BCUT2D eigenvalue weighted by Crippen LogP contribution is -2.87. The van der Waals surface area contributed by atoms with E-state index in [1.54, 1.807) is 6.20 Å². The second kappa shape index (κ2) is 11.1. The van der Waals surface area contributed by atoms with Crippen molar-refractivity contribution in [3.63, 3.8) is 0 Å². The van der Waals surface area contributed by atoms with Gasteiger partial charge in [0.1, 0.15) is 12.0 Å². The van der Waals surface area contributed by atoms with Gasteiger partial charge in [-0.25, -0.2) is 20.6 Å². The van der Waals surface area contributed by atoms with Crippen molar-refractivity contribution in [2.24, 2.45) is 5.92 Å². The van der Waals surface area contributed by atoms with Gasteiger partial charge in [0.15, 0.2) is 0 Å². The largest absolute Gasteiger partial charge is 0.384 e. The molecule has 0 bridgehead atoms. The Morgan fingerprint density at radius 3 is 2.51 bits per heavy atom. The molecule has 3 aromatic rings. The number of nitrogens with zero attached hydrogens (tertiary/aromatic N) is 5. The maximum Gasteiger partial charge on any atom is 0.329 e. The van der Waals surface area contributed by atoms with Crippen LogP contribution in [0.25, 0.3) is 11.0 Å². The maximum atomic E-state index is 13.7. The fourth-order valence-electron chi connectivity index (χ4n) is 6.24. The van der Waals surface area contributed by atoms with E-state index in [2.05, 4.69) is 27.6 Å². The monoisotopic (exact) mass is 529 g/mol. The van der Waals surface area contributed by atoms with Crippen molar-refractivity contribution in [3.8, 4) is 0 Å². The molecule has 3 aliphatic heterocycles. The van der Waals surface area contributed by atoms with Crippen LogP contribution in [0.5, 0.6) is 0 Å². The van der Waals surface area contributed by atoms with Crippen LogP contribution in [0.15, 0.2) is 71.4 Å². The summed E-state index contributed by atoms with van der Waals surface area (Å²) in [6.45, 7) is 4.65. The number of pyridine rings is 1. The molecule has 39 heavy (non-hydrogen) atoms. The molecular weight excluding hydrogens is 492 g/mol. The molecule has 6 rings (SSSR count). The van der Waals surface area contributed by atoms with Gasteiger partial charge in [0, 0.05) is 49.6 Å². The number of amides is 1. The first kappa shape index (κ1) is 25.4. The lowest BCUT2D eigenvalue weighted by atomic mass is 9.93. The van der Waals surface area contributed by atoms with E-state index in [-0.39, 0.29) is 23.6 Å². The average Bonchev–Trinajstić information content (AvgIpc) is 3.24. The van der Waals surface area contributed by atoms with Gasteiger partial charge in [-0.2, -0.15) is 0 Å². The van der Waals surface area contributed by atoms with E-state index < -0.39 is 0 Å². The average molecular weight is 530 g/mol. The molecule has 2 aromatic heterocycles. The molecule has 1 amide bonds. The Kier molecular flexibility index (Phi) is 7.21. The molecule has 0 spiro atoms. The van der Waals surface area contributed by atoms with Crippen molar-refractivity contribution in [2.45, 2.75) is 38.3 Å². The first-order valence-corrected chi connectivity index (χ1v) is 13.9. The number of aromatic nitrogens is 3. The second-order valence-electron chi connectivity index (χ2n) is 10.8. The number of hydrogen-bond donors (Lipinski definition) is 3. The van der Waals surface area contributed by atoms with E-state index in [4.69, 9.17) is 5.73 Å². The van der Waals surface area contributed by atoms with Gasteiger partial charge in [-0.05, 0) is 74.7 Å². The van der Waals surface area contributed by atoms with E-state index in [0.717, 1.165) is 61.9 Å². The number of anilines is 1. The summed E-state index contributed by atoms with van der Waals surface area (Å²) in [7, 11) is 0. The Hall–Kier alpha value is -3.89. The zero-order valence-electron chi connectivity index (χ0n) is 22.2. The number of likely N-dealkylation sites (tertiary alicyclic amines) is 2. The molecule has 0 radical (unpaired) electrons. The number of piperidine rings is 2. The minimum Gasteiger partial charge on any atom is -0.384 e. The Balaban J connectivity index is 1.10. The predicted octanol–water partition coefficient (Wildman–Crippen LogP) is 1.18. The number of hydrogen-bond acceptors (Lipinski definition) is 6. The molecule has 0 unspecified atom stereocenters. The number of carbonyl (C=O) groups is 1. The molecule has 2 saturated heterocycles. The number of benzene rings is 1. The Labute approximate surface area is 227 Å². The highest BCUT2D eigenvalue weighted by Crippen LogP contribution is 2.28. The van der Waals surface area contributed by atoms with Crippen LogP contribution in [0.4, 0.5) is 5.82 Å². The normalized spacial score (nSPS) is 19.3. The van der Waals surface area contributed by atoms with Gasteiger partial charge in [0.2, 0.25) is 5.91 Å². The third kappa shape index (κ3) is 5.35. The van der Waals surface area contributed by atoms with E-state index in [1.807, 2.05) is 62.1 Å². The van der Waals surface area contributed by atoms with Crippen molar-refractivity contribution in [1.82, 2.24) is 29.3 Å². The molecular formula is C29H37N8O2+. The minimum absolute atomic E-state index is 0.0139. The van der Waals surface area contributed by atoms with Crippen LogP contribution >= 0.6 is 0 Å². The van der Waals surface area contributed by atoms with Crippen LogP contribution in [0.3, 0.4) is 0 Å². The van der Waals surface area contributed by atoms with E-state index in [9.17, 15) is 9.59 Å². The number of quaternary nitrogens is 1. The highest BCUT2D eigenvalue weighted by molar-refractivity contribution is 5.79. The molecule has 10 nitrogen and oxygen atoms in total. The number of carbonyl (C=O) groups excluding carboxylic acids is 1. The van der Waals surface area contributed by atoms with Gasteiger partial charge in [0.25, 0.3) is 0 Å². The van der Waals surface area contributed by atoms with Crippen molar-refractivity contribution >= 4 is 22.8 Å². The van der Waals surface area contributed by atoms with Crippen LogP contribution in [-0.4, -0.2) is 62.5 Å². The zero-order valence-corrected chi connectivity index (χ0v) is 22.2. The number of nitrogen functional groups attached to an aromatic ring is 1. The fraction of sp³-hybridized carbons (Fsp3) is 0.414. The smallest absolute Gasteiger partial charge is 0.329 e. The second-order valence-corrected chi connectivity index (χ2v) is 10.8. The number of rotatable bonds is 6. The van der Waals surface area contributed by atoms with E-state index >= 15 is 0 Å². The summed E-state index contributed by atoms with van der Waals surface area (Å²) in [6, 6.07) is 11.7. The number of fused-ring (bicyclic) bond motifs is 1. The van der Waals surface area contributed by atoms with Crippen LogP contribution in [0.2, 0.25) is 0 Å². The van der Waals surface area contributed by atoms with Crippen LogP contribution < -0.4 is 22.3 Å². The van der Waals surface area contributed by atoms with Gasteiger partial charge in [-0.15, -0.1) is 0 Å². The van der Waals surface area contributed by atoms with Gasteiger partial charge in [-0.1, -0.05) is 12.1 Å². The van der Waals surface area contributed by atoms with Gasteiger partial charge in [0.05, 0.1) is 17.6 Å². The lowest BCUT2D eigenvalue weighted by Gasteiger charge is -2.37. The van der Waals surface area contributed by atoms with Crippen LogP contribution in [-0.2, 0) is 11.3 Å².